The first-order chi connectivity index (χ1) is 11.8. The highest BCUT2D eigenvalue weighted by Crippen LogP contribution is 2.31. The standard InChI is InChI=1S/C17H23F3N2O2S/c1-2-3-10-22(16(24)17(18,19)20)14(13-9-6-11-25-13)15(23)21-12-7-4-5-8-12/h6,9,11-12,14H,2-5,7-8,10H2,1H3,(H,21,23). The highest BCUT2D eigenvalue weighted by Gasteiger charge is 2.46. The molecular weight excluding hydrogens is 353 g/mol. The minimum atomic E-state index is -5.00. The Kier molecular flexibility index (Phi) is 6.87. The molecule has 1 saturated carbocycles. The minimum Gasteiger partial charge on any atom is -0.351 e. The molecule has 1 aliphatic rings. The van der Waals surface area contributed by atoms with Gasteiger partial charge in [-0.05, 0) is 30.7 Å². The van der Waals surface area contributed by atoms with E-state index in [0.717, 1.165) is 25.7 Å². The highest BCUT2D eigenvalue weighted by molar-refractivity contribution is 7.10. The molecule has 0 aromatic carbocycles. The molecule has 1 fully saturated rings. The number of alkyl halides is 3. The maximum Gasteiger partial charge on any atom is 0.471 e. The SMILES string of the molecule is CCCCN(C(=O)C(F)(F)F)C(C(=O)NC1CCCC1)c1cccs1. The molecule has 4 nitrogen and oxygen atoms in total. The molecular formula is C17H23F3N2O2S. The molecule has 1 aromatic heterocycles. The Bertz CT molecular complexity index is 569. The molecule has 8 heteroatoms. The van der Waals surface area contributed by atoms with Gasteiger partial charge in [0, 0.05) is 17.5 Å². The molecule has 0 aliphatic heterocycles. The molecule has 1 N–H and O–H groups in total. The predicted molar refractivity (Wildman–Crippen MR) is 90.1 cm³/mol. The molecule has 25 heavy (non-hydrogen) atoms. The van der Waals surface area contributed by atoms with Gasteiger partial charge in [-0.15, -0.1) is 11.3 Å². The first kappa shape index (κ1) is 19.8. The van der Waals surface area contributed by atoms with Gasteiger partial charge in [0.15, 0.2) is 0 Å². The first-order valence-electron chi connectivity index (χ1n) is 8.56. The summed E-state index contributed by atoms with van der Waals surface area (Å²) in [6.07, 6.45) is -0.332. The van der Waals surface area contributed by atoms with Gasteiger partial charge < -0.3 is 10.2 Å². The summed E-state index contributed by atoms with van der Waals surface area (Å²) in [5.74, 6) is -2.48. The van der Waals surface area contributed by atoms with Crippen molar-refractivity contribution in [2.45, 2.75) is 63.7 Å². The molecule has 0 radical (unpaired) electrons. The summed E-state index contributed by atoms with van der Waals surface area (Å²) in [6.45, 7) is 1.73. The summed E-state index contributed by atoms with van der Waals surface area (Å²) in [5.41, 5.74) is 0. The quantitative estimate of drug-likeness (QED) is 0.781. The molecule has 140 valence electrons. The molecule has 1 heterocycles. The van der Waals surface area contributed by atoms with Crippen molar-refractivity contribution in [1.82, 2.24) is 10.2 Å². The second-order valence-electron chi connectivity index (χ2n) is 6.26. The van der Waals surface area contributed by atoms with Gasteiger partial charge >= 0.3 is 12.1 Å². The Hall–Kier alpha value is -1.57. The fourth-order valence-corrected chi connectivity index (χ4v) is 3.90. The third-order valence-electron chi connectivity index (χ3n) is 4.33. The fourth-order valence-electron chi connectivity index (χ4n) is 3.06. The minimum absolute atomic E-state index is 0.0241. The van der Waals surface area contributed by atoms with Gasteiger partial charge in [-0.25, -0.2) is 0 Å². The molecule has 1 atom stereocenters. The number of carbonyl (C=O) groups is 2. The van der Waals surface area contributed by atoms with Crippen LogP contribution in [-0.4, -0.2) is 35.5 Å². The maximum atomic E-state index is 13.1. The Morgan fingerprint density at radius 3 is 2.56 bits per heavy atom. The van der Waals surface area contributed by atoms with Gasteiger partial charge in [-0.1, -0.05) is 32.3 Å². The van der Waals surface area contributed by atoms with E-state index in [1.54, 1.807) is 17.5 Å². The van der Waals surface area contributed by atoms with Crippen molar-refractivity contribution >= 4 is 23.2 Å². The van der Waals surface area contributed by atoms with Crippen molar-refractivity contribution in [3.63, 3.8) is 0 Å². The van der Waals surface area contributed by atoms with Crippen LogP contribution in [0.4, 0.5) is 13.2 Å². The lowest BCUT2D eigenvalue weighted by atomic mass is 10.1. The number of nitrogens with one attached hydrogen (secondary N) is 1. The molecule has 0 spiro atoms. The van der Waals surface area contributed by atoms with Gasteiger partial charge in [-0.3, -0.25) is 9.59 Å². The number of halogens is 3. The average Bonchev–Trinajstić information content (AvgIpc) is 3.23. The summed E-state index contributed by atoms with van der Waals surface area (Å²) in [4.78, 5) is 25.9. The van der Waals surface area contributed by atoms with Gasteiger partial charge in [0.1, 0.15) is 6.04 Å². The molecule has 2 rings (SSSR count). The predicted octanol–water partition coefficient (Wildman–Crippen LogP) is 4.04. The number of amides is 2. The van der Waals surface area contributed by atoms with Crippen LogP contribution in [0.2, 0.25) is 0 Å². The summed E-state index contributed by atoms with van der Waals surface area (Å²) in [6, 6.07) is 2.02. The van der Waals surface area contributed by atoms with Crippen molar-refractivity contribution in [2.75, 3.05) is 6.54 Å². The molecule has 1 unspecified atom stereocenters. The molecule has 0 saturated heterocycles. The Balaban J connectivity index is 2.29. The molecule has 0 bridgehead atoms. The monoisotopic (exact) mass is 376 g/mol. The maximum absolute atomic E-state index is 13.1. The van der Waals surface area contributed by atoms with Crippen LogP contribution >= 0.6 is 11.3 Å². The normalized spacial score (nSPS) is 16.6. The van der Waals surface area contributed by atoms with E-state index in [1.807, 2.05) is 6.92 Å². The lowest BCUT2D eigenvalue weighted by molar-refractivity contribution is -0.188. The smallest absolute Gasteiger partial charge is 0.351 e. The van der Waals surface area contributed by atoms with Crippen LogP contribution in [0.25, 0.3) is 0 Å². The van der Waals surface area contributed by atoms with E-state index in [4.69, 9.17) is 0 Å². The zero-order chi connectivity index (χ0) is 18.4. The number of thiophene rings is 1. The molecule has 1 aromatic rings. The Morgan fingerprint density at radius 2 is 2.04 bits per heavy atom. The molecule has 2 amide bonds. The van der Waals surface area contributed by atoms with Crippen LogP contribution in [0.15, 0.2) is 17.5 Å². The Morgan fingerprint density at radius 1 is 1.36 bits per heavy atom. The zero-order valence-electron chi connectivity index (χ0n) is 14.1. The van der Waals surface area contributed by atoms with Crippen LogP contribution in [-0.2, 0) is 9.59 Å². The van der Waals surface area contributed by atoms with Crippen LogP contribution in [0.3, 0.4) is 0 Å². The highest BCUT2D eigenvalue weighted by atomic mass is 32.1. The number of rotatable bonds is 7. The van der Waals surface area contributed by atoms with Crippen LogP contribution in [0.1, 0.15) is 56.4 Å². The van der Waals surface area contributed by atoms with Crippen molar-refractivity contribution < 1.29 is 22.8 Å². The van der Waals surface area contributed by atoms with Crippen molar-refractivity contribution in [3.05, 3.63) is 22.4 Å². The van der Waals surface area contributed by atoms with E-state index in [1.165, 1.54) is 11.3 Å². The van der Waals surface area contributed by atoms with Crippen LogP contribution in [0.5, 0.6) is 0 Å². The largest absolute Gasteiger partial charge is 0.471 e. The van der Waals surface area contributed by atoms with Crippen molar-refractivity contribution in [3.8, 4) is 0 Å². The van der Waals surface area contributed by atoms with Gasteiger partial charge in [0.25, 0.3) is 0 Å². The summed E-state index contributed by atoms with van der Waals surface area (Å²) < 4.78 is 39.2. The number of hydrogen-bond donors (Lipinski definition) is 1. The number of hydrogen-bond acceptors (Lipinski definition) is 3. The lowest BCUT2D eigenvalue weighted by Gasteiger charge is -2.31. The van der Waals surface area contributed by atoms with Crippen LogP contribution < -0.4 is 5.32 Å². The zero-order valence-corrected chi connectivity index (χ0v) is 15.0. The van der Waals surface area contributed by atoms with Crippen LogP contribution in [0, 0.1) is 0 Å². The van der Waals surface area contributed by atoms with Gasteiger partial charge in [0.05, 0.1) is 0 Å². The lowest BCUT2D eigenvalue weighted by Crippen LogP contribution is -2.50. The van der Waals surface area contributed by atoms with Crippen molar-refractivity contribution in [1.29, 1.82) is 0 Å². The number of nitrogens with zero attached hydrogens (tertiary/aromatic N) is 1. The average molecular weight is 376 g/mol. The summed E-state index contributed by atoms with van der Waals surface area (Å²) in [7, 11) is 0. The van der Waals surface area contributed by atoms with Gasteiger partial charge in [-0.2, -0.15) is 13.2 Å². The van der Waals surface area contributed by atoms with Crippen molar-refractivity contribution in [2.24, 2.45) is 0 Å². The number of unbranched alkanes of at least 4 members (excludes halogenated alkanes) is 1. The second-order valence-corrected chi connectivity index (χ2v) is 7.24. The van der Waals surface area contributed by atoms with E-state index < -0.39 is 24.0 Å². The van der Waals surface area contributed by atoms with Gasteiger partial charge in [0.2, 0.25) is 5.91 Å². The Labute approximate surface area is 149 Å². The van der Waals surface area contributed by atoms with E-state index >= 15 is 0 Å². The summed E-state index contributed by atoms with van der Waals surface area (Å²) >= 11 is 1.19. The summed E-state index contributed by atoms with van der Waals surface area (Å²) in [5, 5.41) is 4.53. The first-order valence-corrected chi connectivity index (χ1v) is 9.44. The van der Waals surface area contributed by atoms with E-state index in [2.05, 4.69) is 5.32 Å². The number of carbonyl (C=O) groups excluding carboxylic acids is 2. The fraction of sp³-hybridized carbons (Fsp3) is 0.647. The third-order valence-corrected chi connectivity index (χ3v) is 5.25. The second kappa shape index (κ2) is 8.69. The molecule has 1 aliphatic carbocycles. The topological polar surface area (TPSA) is 49.4 Å². The van der Waals surface area contributed by atoms with E-state index in [9.17, 15) is 22.8 Å². The van der Waals surface area contributed by atoms with E-state index in [0.29, 0.717) is 22.6 Å². The van der Waals surface area contributed by atoms with E-state index in [-0.39, 0.29) is 12.6 Å². The third kappa shape index (κ3) is 5.20.